The molecular weight excluding hydrogens is 470 g/mol. The summed E-state index contributed by atoms with van der Waals surface area (Å²) in [5, 5.41) is 0. The van der Waals surface area contributed by atoms with Crippen molar-refractivity contribution in [1.82, 2.24) is 4.90 Å². The van der Waals surface area contributed by atoms with Crippen molar-refractivity contribution >= 4 is 0 Å². The summed E-state index contributed by atoms with van der Waals surface area (Å²) >= 11 is 0. The minimum absolute atomic E-state index is 0.532. The Bertz CT molecular complexity index is 474. The average Bonchev–Trinajstić information content (AvgIpc) is 2.89. The predicted octanol–water partition coefficient (Wildman–Crippen LogP) is 1.50. The molecule has 0 fully saturated rings. The van der Waals surface area contributed by atoms with Gasteiger partial charge in [-0.2, -0.15) is 0 Å². The lowest BCUT2D eigenvalue weighted by Crippen LogP contribution is -2.28. The number of hydrogen-bond acceptors (Lipinski definition) is 10. The molecule has 0 aliphatic rings. The molecule has 0 rings (SSSR count). The van der Waals surface area contributed by atoms with E-state index in [4.69, 9.17) is 42.6 Å². The minimum atomic E-state index is 0.532. The first-order valence-electron chi connectivity index (χ1n) is 13.1. The molecular formula is C26H51NO9. The first-order valence-corrected chi connectivity index (χ1v) is 13.1. The van der Waals surface area contributed by atoms with E-state index in [9.17, 15) is 0 Å². The van der Waals surface area contributed by atoms with Gasteiger partial charge in [-0.25, -0.2) is 0 Å². The summed E-state index contributed by atoms with van der Waals surface area (Å²) in [5.74, 6) is 6.25. The molecule has 0 spiro atoms. The fourth-order valence-electron chi connectivity index (χ4n) is 2.62. The van der Waals surface area contributed by atoms with Crippen molar-refractivity contribution in [3.8, 4) is 11.8 Å². The fourth-order valence-corrected chi connectivity index (χ4v) is 2.62. The van der Waals surface area contributed by atoms with Crippen LogP contribution in [0.15, 0.2) is 0 Å². The second-order valence-corrected chi connectivity index (χ2v) is 7.47. The van der Waals surface area contributed by atoms with Gasteiger partial charge in [0.05, 0.1) is 119 Å². The van der Waals surface area contributed by atoms with Crippen LogP contribution in [0.2, 0.25) is 0 Å². The van der Waals surface area contributed by atoms with Crippen LogP contribution in [0, 0.1) is 11.8 Å². The lowest BCUT2D eigenvalue weighted by atomic mass is 10.4. The maximum Gasteiger partial charge on any atom is 0.0701 e. The molecule has 0 saturated heterocycles. The van der Waals surface area contributed by atoms with Gasteiger partial charge >= 0.3 is 0 Å². The molecule has 0 saturated carbocycles. The second kappa shape index (κ2) is 32.2. The van der Waals surface area contributed by atoms with Crippen molar-refractivity contribution in [3.63, 3.8) is 0 Å². The van der Waals surface area contributed by atoms with Crippen molar-refractivity contribution < 1.29 is 42.6 Å². The molecule has 0 aromatic carbocycles. The van der Waals surface area contributed by atoms with E-state index in [1.165, 1.54) is 0 Å². The first-order chi connectivity index (χ1) is 17.8. The standard InChI is InChI=1S/C26H51NO9/c1-4-6-7-8-27(5-2)9-10-29-13-14-31-17-18-33-21-22-35-25-26-36-24-23-34-20-19-32-16-15-30-12-11-28-3/h4-5,8-26H2,1-3H3. The Labute approximate surface area is 219 Å². The third-order valence-corrected chi connectivity index (χ3v) is 4.64. The number of hydrogen-bond donors (Lipinski definition) is 0. The molecule has 0 heterocycles. The highest BCUT2D eigenvalue weighted by Gasteiger charge is 2.00. The van der Waals surface area contributed by atoms with Crippen LogP contribution in [-0.4, -0.2) is 144 Å². The van der Waals surface area contributed by atoms with Crippen LogP contribution < -0.4 is 0 Å². The Kier molecular flexibility index (Phi) is 31.4. The number of nitrogens with zero attached hydrogens (tertiary/aromatic N) is 1. The Hall–Kier alpha value is -0.840. The summed E-state index contributed by atoms with van der Waals surface area (Å²) in [6.07, 6.45) is 0.902. The maximum absolute atomic E-state index is 5.61. The molecule has 0 radical (unpaired) electrons. The lowest BCUT2D eigenvalue weighted by Gasteiger charge is -2.17. The van der Waals surface area contributed by atoms with E-state index in [-0.39, 0.29) is 0 Å². The molecule has 0 amide bonds. The second-order valence-electron chi connectivity index (χ2n) is 7.47. The third-order valence-electron chi connectivity index (χ3n) is 4.64. The largest absolute Gasteiger partial charge is 0.382 e. The molecule has 0 aromatic heterocycles. The van der Waals surface area contributed by atoms with Crippen molar-refractivity contribution in [2.24, 2.45) is 0 Å². The molecule has 214 valence electrons. The van der Waals surface area contributed by atoms with Crippen LogP contribution >= 0.6 is 0 Å². The molecule has 0 N–H and O–H groups in total. The summed E-state index contributed by atoms with van der Waals surface area (Å²) in [7, 11) is 1.65. The van der Waals surface area contributed by atoms with E-state index in [0.29, 0.717) is 112 Å². The summed E-state index contributed by atoms with van der Waals surface area (Å²) in [5.41, 5.74) is 0. The normalized spacial score (nSPS) is 11.2. The lowest BCUT2D eigenvalue weighted by molar-refractivity contribution is -0.0245. The topological polar surface area (TPSA) is 86.3 Å². The molecule has 0 aliphatic heterocycles. The van der Waals surface area contributed by atoms with Gasteiger partial charge in [-0.15, -0.1) is 5.92 Å². The predicted molar refractivity (Wildman–Crippen MR) is 139 cm³/mol. The zero-order valence-corrected chi connectivity index (χ0v) is 23.0. The summed E-state index contributed by atoms with van der Waals surface area (Å²) < 4.78 is 48.5. The maximum atomic E-state index is 5.61. The van der Waals surface area contributed by atoms with E-state index in [2.05, 4.69) is 30.6 Å². The molecule has 0 unspecified atom stereocenters. The van der Waals surface area contributed by atoms with E-state index in [1.54, 1.807) is 7.11 Å². The molecule has 10 nitrogen and oxygen atoms in total. The van der Waals surface area contributed by atoms with Crippen LogP contribution in [0.3, 0.4) is 0 Å². The minimum Gasteiger partial charge on any atom is -0.382 e. The number of ether oxygens (including phenoxy) is 9. The van der Waals surface area contributed by atoms with Crippen molar-refractivity contribution in [2.45, 2.75) is 20.3 Å². The Morgan fingerprint density at radius 1 is 0.444 bits per heavy atom. The van der Waals surface area contributed by atoms with Gasteiger partial charge in [-0.3, -0.25) is 4.90 Å². The van der Waals surface area contributed by atoms with E-state index in [1.807, 2.05) is 0 Å². The van der Waals surface area contributed by atoms with Gasteiger partial charge in [0.25, 0.3) is 0 Å². The van der Waals surface area contributed by atoms with Gasteiger partial charge in [0, 0.05) is 20.1 Å². The SMILES string of the molecule is CCC#CCN(CC)CCOCCOCCOCCOCCOCCOCCOCCOCCOC. The highest BCUT2D eigenvalue weighted by atomic mass is 16.6. The summed E-state index contributed by atoms with van der Waals surface area (Å²) in [6.45, 7) is 16.4. The quantitative estimate of drug-likeness (QED) is 0.107. The van der Waals surface area contributed by atoms with Gasteiger partial charge in [0.1, 0.15) is 0 Å². The number of methoxy groups -OCH3 is 1. The van der Waals surface area contributed by atoms with Gasteiger partial charge in [0.15, 0.2) is 0 Å². The van der Waals surface area contributed by atoms with E-state index < -0.39 is 0 Å². The molecule has 0 bridgehead atoms. The van der Waals surface area contributed by atoms with Gasteiger partial charge in [0.2, 0.25) is 0 Å². The van der Waals surface area contributed by atoms with E-state index in [0.717, 1.165) is 26.1 Å². The van der Waals surface area contributed by atoms with E-state index >= 15 is 0 Å². The smallest absolute Gasteiger partial charge is 0.0701 e. The van der Waals surface area contributed by atoms with Crippen LogP contribution in [0.25, 0.3) is 0 Å². The number of likely N-dealkylation sites (N-methyl/N-ethyl adjacent to an activating group) is 1. The van der Waals surface area contributed by atoms with Crippen LogP contribution in [0.5, 0.6) is 0 Å². The van der Waals surface area contributed by atoms with Crippen molar-refractivity contribution in [1.29, 1.82) is 0 Å². The Balaban J connectivity index is 3.13. The van der Waals surface area contributed by atoms with Gasteiger partial charge in [-0.1, -0.05) is 19.8 Å². The third kappa shape index (κ3) is 29.4. The van der Waals surface area contributed by atoms with Crippen molar-refractivity contribution in [3.05, 3.63) is 0 Å². The van der Waals surface area contributed by atoms with Gasteiger partial charge < -0.3 is 42.6 Å². The van der Waals surface area contributed by atoms with Crippen LogP contribution in [0.4, 0.5) is 0 Å². The summed E-state index contributed by atoms with van der Waals surface area (Å²) in [4.78, 5) is 2.27. The molecule has 0 atom stereocenters. The fraction of sp³-hybridized carbons (Fsp3) is 0.923. The molecule has 0 aromatic rings. The van der Waals surface area contributed by atoms with Gasteiger partial charge in [-0.05, 0) is 6.54 Å². The monoisotopic (exact) mass is 521 g/mol. The highest BCUT2D eigenvalue weighted by Crippen LogP contribution is 1.89. The highest BCUT2D eigenvalue weighted by molar-refractivity contribution is 5.00. The molecule has 10 heteroatoms. The summed E-state index contributed by atoms with van der Waals surface area (Å²) in [6, 6.07) is 0. The first kappa shape index (κ1) is 35.2. The zero-order chi connectivity index (χ0) is 26.2. The average molecular weight is 522 g/mol. The van der Waals surface area contributed by atoms with Crippen molar-refractivity contribution in [2.75, 3.05) is 139 Å². The van der Waals surface area contributed by atoms with Crippen LogP contribution in [-0.2, 0) is 42.6 Å². The van der Waals surface area contributed by atoms with Crippen LogP contribution in [0.1, 0.15) is 20.3 Å². The molecule has 36 heavy (non-hydrogen) atoms. The Morgan fingerprint density at radius 2 is 0.778 bits per heavy atom. The Morgan fingerprint density at radius 3 is 1.08 bits per heavy atom. The number of rotatable bonds is 29. The molecule has 0 aliphatic carbocycles. The zero-order valence-electron chi connectivity index (χ0n) is 23.0.